The number of benzene rings is 2. The van der Waals surface area contributed by atoms with Crippen molar-refractivity contribution < 1.29 is 9.52 Å². The Morgan fingerprint density at radius 2 is 1.94 bits per heavy atom. The normalized spacial score (nSPS) is 10.9. The van der Waals surface area contributed by atoms with E-state index in [4.69, 9.17) is 16.0 Å². The van der Waals surface area contributed by atoms with Crippen molar-refractivity contribution in [2.45, 2.75) is 0 Å². The molecule has 0 spiro atoms. The third-order valence-corrected chi connectivity index (χ3v) is 2.81. The van der Waals surface area contributed by atoms with Crippen LogP contribution >= 0.6 is 11.6 Å². The van der Waals surface area contributed by atoms with Gasteiger partial charge >= 0.3 is 0 Å². The van der Waals surface area contributed by atoms with E-state index in [9.17, 15) is 5.11 Å². The molecule has 4 heteroatoms. The lowest BCUT2D eigenvalue weighted by molar-refractivity contribution is 0.474. The Bertz CT molecular complexity index is 691. The van der Waals surface area contributed by atoms with Crippen molar-refractivity contribution in [1.29, 1.82) is 0 Å². The van der Waals surface area contributed by atoms with E-state index in [1.807, 2.05) is 18.2 Å². The summed E-state index contributed by atoms with van der Waals surface area (Å²) in [7, 11) is 0. The fourth-order valence-electron chi connectivity index (χ4n) is 1.66. The van der Waals surface area contributed by atoms with Crippen LogP contribution in [0.25, 0.3) is 22.6 Å². The third-order valence-electron chi connectivity index (χ3n) is 2.48. The van der Waals surface area contributed by atoms with E-state index in [1.54, 1.807) is 18.2 Å². The highest BCUT2D eigenvalue weighted by molar-refractivity contribution is 6.33. The molecule has 84 valence electrons. The molecular weight excluding hydrogens is 238 g/mol. The maximum Gasteiger partial charge on any atom is 0.228 e. The number of oxazole rings is 1. The Hall–Kier alpha value is -2.00. The topological polar surface area (TPSA) is 46.3 Å². The van der Waals surface area contributed by atoms with Crippen LogP contribution in [0.2, 0.25) is 5.02 Å². The van der Waals surface area contributed by atoms with Gasteiger partial charge in [0.15, 0.2) is 5.58 Å². The first-order valence-electron chi connectivity index (χ1n) is 5.08. The average molecular weight is 246 g/mol. The molecule has 0 amide bonds. The summed E-state index contributed by atoms with van der Waals surface area (Å²) in [4.78, 5) is 4.32. The van der Waals surface area contributed by atoms with E-state index >= 15 is 0 Å². The molecule has 2 aromatic carbocycles. The second kappa shape index (κ2) is 3.79. The number of hydrogen-bond acceptors (Lipinski definition) is 3. The third kappa shape index (κ3) is 1.74. The highest BCUT2D eigenvalue weighted by Gasteiger charge is 2.11. The van der Waals surface area contributed by atoms with E-state index in [0.29, 0.717) is 22.0 Å². The Balaban J connectivity index is 2.22. The Labute approximate surface area is 102 Å². The number of nitrogens with zero attached hydrogens (tertiary/aromatic N) is 1. The van der Waals surface area contributed by atoms with Crippen LogP contribution in [0, 0.1) is 0 Å². The van der Waals surface area contributed by atoms with E-state index in [0.717, 1.165) is 5.56 Å². The average Bonchev–Trinajstić information content (AvgIpc) is 2.72. The summed E-state index contributed by atoms with van der Waals surface area (Å²) in [5.74, 6) is 0.607. The molecule has 0 radical (unpaired) electrons. The Morgan fingerprint density at radius 3 is 2.76 bits per heavy atom. The highest BCUT2D eigenvalue weighted by atomic mass is 35.5. The molecule has 0 aliphatic carbocycles. The minimum atomic E-state index is 0.152. The maximum atomic E-state index is 9.35. The van der Waals surface area contributed by atoms with Crippen molar-refractivity contribution in [3.05, 3.63) is 47.5 Å². The predicted octanol–water partition coefficient (Wildman–Crippen LogP) is 3.85. The zero-order valence-electron chi connectivity index (χ0n) is 8.72. The lowest BCUT2D eigenvalue weighted by Crippen LogP contribution is -1.77. The molecule has 0 aliphatic rings. The molecule has 0 aliphatic heterocycles. The van der Waals surface area contributed by atoms with Gasteiger partial charge in [-0.1, -0.05) is 23.7 Å². The maximum absolute atomic E-state index is 9.35. The highest BCUT2D eigenvalue weighted by Crippen LogP contribution is 2.30. The van der Waals surface area contributed by atoms with Gasteiger partial charge < -0.3 is 9.52 Å². The molecule has 17 heavy (non-hydrogen) atoms. The van der Waals surface area contributed by atoms with Crippen molar-refractivity contribution >= 4 is 22.7 Å². The monoisotopic (exact) mass is 245 g/mol. The summed E-state index contributed by atoms with van der Waals surface area (Å²) >= 11 is 6.07. The zero-order chi connectivity index (χ0) is 11.8. The van der Waals surface area contributed by atoms with Crippen LogP contribution in [0.1, 0.15) is 0 Å². The Kier molecular flexibility index (Phi) is 2.27. The van der Waals surface area contributed by atoms with Crippen molar-refractivity contribution in [3.63, 3.8) is 0 Å². The van der Waals surface area contributed by atoms with Crippen molar-refractivity contribution in [2.75, 3.05) is 0 Å². The summed E-state index contributed by atoms with van der Waals surface area (Å²) in [6.45, 7) is 0. The molecule has 0 fully saturated rings. The SMILES string of the molecule is Oc1ccc2nc(-c3ccccc3Cl)oc2c1. The van der Waals surface area contributed by atoms with Gasteiger partial charge in [-0.15, -0.1) is 0 Å². The number of fused-ring (bicyclic) bond motifs is 1. The van der Waals surface area contributed by atoms with E-state index in [-0.39, 0.29) is 5.75 Å². The zero-order valence-corrected chi connectivity index (χ0v) is 9.48. The van der Waals surface area contributed by atoms with E-state index in [2.05, 4.69) is 4.98 Å². The number of halogens is 1. The van der Waals surface area contributed by atoms with Gasteiger partial charge in [-0.05, 0) is 24.3 Å². The molecule has 1 N–H and O–H groups in total. The minimum Gasteiger partial charge on any atom is -0.508 e. The predicted molar refractivity (Wildman–Crippen MR) is 66.1 cm³/mol. The summed E-state index contributed by atoms with van der Waals surface area (Å²) in [5.41, 5.74) is 1.97. The number of phenolic OH excluding ortho intramolecular Hbond substituents is 1. The molecule has 3 aromatic rings. The van der Waals surface area contributed by atoms with Crippen molar-refractivity contribution in [2.24, 2.45) is 0 Å². The number of hydrogen-bond donors (Lipinski definition) is 1. The van der Waals surface area contributed by atoms with Crippen molar-refractivity contribution in [1.82, 2.24) is 4.98 Å². The molecule has 3 rings (SSSR count). The quantitative estimate of drug-likeness (QED) is 0.708. The number of aromatic nitrogens is 1. The fraction of sp³-hybridized carbons (Fsp3) is 0. The van der Waals surface area contributed by atoms with E-state index < -0.39 is 0 Å². The molecular formula is C13H8ClNO2. The summed E-state index contributed by atoms with van der Waals surface area (Å²) < 4.78 is 5.56. The van der Waals surface area contributed by atoms with Crippen LogP contribution in [-0.4, -0.2) is 10.1 Å². The first-order valence-corrected chi connectivity index (χ1v) is 5.46. The Morgan fingerprint density at radius 1 is 1.12 bits per heavy atom. The molecule has 0 unspecified atom stereocenters. The molecule has 1 heterocycles. The fourth-order valence-corrected chi connectivity index (χ4v) is 1.88. The molecule has 1 aromatic heterocycles. The van der Waals surface area contributed by atoms with Crippen molar-refractivity contribution in [3.8, 4) is 17.2 Å². The van der Waals surface area contributed by atoms with Crippen LogP contribution in [-0.2, 0) is 0 Å². The second-order valence-corrected chi connectivity index (χ2v) is 4.06. The van der Waals surface area contributed by atoms with Crippen LogP contribution in [0.4, 0.5) is 0 Å². The van der Waals surface area contributed by atoms with E-state index in [1.165, 1.54) is 6.07 Å². The molecule has 0 saturated carbocycles. The standard InChI is InChI=1S/C13H8ClNO2/c14-10-4-2-1-3-9(10)13-15-11-6-5-8(16)7-12(11)17-13/h1-7,16H. The van der Waals surface area contributed by atoms with Gasteiger partial charge in [0, 0.05) is 6.07 Å². The molecule has 3 nitrogen and oxygen atoms in total. The van der Waals surface area contributed by atoms with Crippen LogP contribution in [0.3, 0.4) is 0 Å². The first kappa shape index (κ1) is 10.2. The molecule has 0 atom stereocenters. The lowest BCUT2D eigenvalue weighted by Gasteiger charge is -1.96. The van der Waals surface area contributed by atoms with Gasteiger partial charge in [0.25, 0.3) is 0 Å². The summed E-state index contributed by atoms with van der Waals surface area (Å²) in [5, 5.41) is 9.94. The molecule has 0 bridgehead atoms. The van der Waals surface area contributed by atoms with Gasteiger partial charge in [0.05, 0.1) is 10.6 Å². The minimum absolute atomic E-state index is 0.152. The largest absolute Gasteiger partial charge is 0.508 e. The number of aromatic hydroxyl groups is 1. The van der Waals surface area contributed by atoms with Crippen LogP contribution < -0.4 is 0 Å². The number of phenols is 1. The van der Waals surface area contributed by atoms with Gasteiger partial charge in [0.2, 0.25) is 5.89 Å². The van der Waals surface area contributed by atoms with Crippen LogP contribution in [0.5, 0.6) is 5.75 Å². The van der Waals surface area contributed by atoms with Gasteiger partial charge in [0.1, 0.15) is 11.3 Å². The lowest BCUT2D eigenvalue weighted by atomic mass is 10.2. The van der Waals surface area contributed by atoms with Gasteiger partial charge in [-0.3, -0.25) is 0 Å². The first-order chi connectivity index (χ1) is 8.24. The number of rotatable bonds is 1. The smallest absolute Gasteiger partial charge is 0.228 e. The molecule has 0 saturated heterocycles. The van der Waals surface area contributed by atoms with Crippen LogP contribution in [0.15, 0.2) is 46.9 Å². The summed E-state index contributed by atoms with van der Waals surface area (Å²) in [6.07, 6.45) is 0. The second-order valence-electron chi connectivity index (χ2n) is 3.65. The van der Waals surface area contributed by atoms with Gasteiger partial charge in [-0.25, -0.2) is 4.98 Å². The van der Waals surface area contributed by atoms with Gasteiger partial charge in [-0.2, -0.15) is 0 Å². The summed E-state index contributed by atoms with van der Waals surface area (Å²) in [6, 6.07) is 12.1.